The van der Waals surface area contributed by atoms with E-state index in [1.165, 1.54) is 11.0 Å². The molecule has 8 nitrogen and oxygen atoms in total. The number of carbonyl (C=O) groups excluding carboxylic acids is 1. The zero-order valence-electron chi connectivity index (χ0n) is 14.9. The Balaban J connectivity index is 1.40. The fourth-order valence-corrected chi connectivity index (χ4v) is 3.28. The fourth-order valence-electron chi connectivity index (χ4n) is 3.28. The Morgan fingerprint density at radius 2 is 1.96 bits per heavy atom. The molecule has 1 fully saturated rings. The van der Waals surface area contributed by atoms with E-state index >= 15 is 0 Å². The number of carbonyl (C=O) groups is 1. The number of hydrogen-bond donors (Lipinski definition) is 1. The Labute approximate surface area is 155 Å². The second kappa shape index (κ2) is 7.61. The normalized spacial score (nSPS) is 14.4. The summed E-state index contributed by atoms with van der Waals surface area (Å²) in [4.78, 5) is 35.3. The van der Waals surface area contributed by atoms with Gasteiger partial charge in [-0.05, 0) is 37.5 Å². The van der Waals surface area contributed by atoms with E-state index in [1.807, 2.05) is 0 Å². The number of fused-ring (bicyclic) bond motifs is 1. The summed E-state index contributed by atoms with van der Waals surface area (Å²) in [6.45, 7) is 2.12. The maximum Gasteiger partial charge on any atom is 0.420 e. The summed E-state index contributed by atoms with van der Waals surface area (Å²) in [6.07, 6.45) is 5.26. The molecule has 2 aromatic heterocycles. The van der Waals surface area contributed by atoms with Gasteiger partial charge >= 0.3 is 5.76 Å². The summed E-state index contributed by atoms with van der Waals surface area (Å²) in [6, 6.07) is 8.82. The maximum absolute atomic E-state index is 12.3. The minimum absolute atomic E-state index is 0.0973. The van der Waals surface area contributed by atoms with Crippen LogP contribution < -0.4 is 16.0 Å². The number of nitrogens with zero attached hydrogens (tertiary/aromatic N) is 4. The van der Waals surface area contributed by atoms with E-state index < -0.39 is 5.76 Å². The molecule has 0 bridgehead atoms. The molecule has 3 aromatic rings. The van der Waals surface area contributed by atoms with Crippen molar-refractivity contribution in [3.05, 3.63) is 52.8 Å². The zero-order valence-corrected chi connectivity index (χ0v) is 14.9. The molecule has 4 rings (SSSR count). The average Bonchev–Trinajstić information content (AvgIpc) is 3.02. The lowest BCUT2D eigenvalue weighted by molar-refractivity contribution is -0.121. The van der Waals surface area contributed by atoms with Crippen LogP contribution in [0.5, 0.6) is 0 Å². The highest BCUT2D eigenvalue weighted by molar-refractivity contribution is 5.79. The smallest absolute Gasteiger partial charge is 0.408 e. The van der Waals surface area contributed by atoms with Gasteiger partial charge in [0.05, 0.1) is 17.8 Å². The molecule has 0 unspecified atom stereocenters. The number of oxazole rings is 1. The van der Waals surface area contributed by atoms with E-state index in [9.17, 15) is 9.59 Å². The Morgan fingerprint density at radius 3 is 2.81 bits per heavy atom. The van der Waals surface area contributed by atoms with Gasteiger partial charge in [0.25, 0.3) is 0 Å². The van der Waals surface area contributed by atoms with E-state index in [4.69, 9.17) is 4.42 Å². The van der Waals surface area contributed by atoms with Crippen LogP contribution in [0.2, 0.25) is 0 Å². The molecular formula is C19H21N5O3. The van der Waals surface area contributed by atoms with Crippen molar-refractivity contribution in [1.82, 2.24) is 19.9 Å². The molecule has 1 saturated heterocycles. The Morgan fingerprint density at radius 1 is 1.15 bits per heavy atom. The number of hydrogen-bond acceptors (Lipinski definition) is 6. The van der Waals surface area contributed by atoms with E-state index in [2.05, 4.69) is 20.2 Å². The van der Waals surface area contributed by atoms with Gasteiger partial charge in [0.2, 0.25) is 11.9 Å². The first-order chi connectivity index (χ1) is 13.2. The Hall–Kier alpha value is -3.16. The van der Waals surface area contributed by atoms with Gasteiger partial charge in [-0.15, -0.1) is 0 Å². The third-order valence-corrected chi connectivity index (χ3v) is 4.68. The molecule has 1 N–H and O–H groups in total. The van der Waals surface area contributed by atoms with Gasteiger partial charge in [-0.1, -0.05) is 12.1 Å². The van der Waals surface area contributed by atoms with E-state index in [-0.39, 0.29) is 19.0 Å². The lowest BCUT2D eigenvalue weighted by atomic mass is 10.1. The number of aromatic nitrogens is 3. The summed E-state index contributed by atoms with van der Waals surface area (Å²) >= 11 is 0. The van der Waals surface area contributed by atoms with Crippen molar-refractivity contribution in [1.29, 1.82) is 0 Å². The standard InChI is InChI=1S/C19H21N5O3/c25-17(13-24-15-6-2-3-7-16(15)27-19(24)26)21-12-14-8-9-20-18(22-14)23-10-4-1-5-11-23/h2-3,6-9H,1,4-5,10-13H2,(H,21,25). The molecule has 1 aliphatic rings. The van der Waals surface area contributed by atoms with Gasteiger partial charge in [0.1, 0.15) is 6.54 Å². The molecule has 0 spiro atoms. The predicted octanol–water partition coefficient (Wildman–Crippen LogP) is 1.69. The van der Waals surface area contributed by atoms with Gasteiger partial charge in [-0.25, -0.2) is 14.8 Å². The van der Waals surface area contributed by atoms with Gasteiger partial charge in [0, 0.05) is 19.3 Å². The molecule has 0 atom stereocenters. The molecule has 0 saturated carbocycles. The first-order valence-corrected chi connectivity index (χ1v) is 9.13. The van der Waals surface area contributed by atoms with Crippen molar-refractivity contribution in [3.63, 3.8) is 0 Å². The molecule has 27 heavy (non-hydrogen) atoms. The van der Waals surface area contributed by atoms with Crippen LogP contribution >= 0.6 is 0 Å². The van der Waals surface area contributed by atoms with Gasteiger partial charge in [0.15, 0.2) is 5.58 Å². The second-order valence-electron chi connectivity index (χ2n) is 6.59. The topological polar surface area (TPSA) is 93.3 Å². The highest BCUT2D eigenvalue weighted by Gasteiger charge is 2.15. The fraction of sp³-hybridized carbons (Fsp3) is 0.368. The summed E-state index contributed by atoms with van der Waals surface area (Å²) in [5.74, 6) is -0.110. The van der Waals surface area contributed by atoms with Gasteiger partial charge in [-0.2, -0.15) is 0 Å². The number of nitrogens with one attached hydrogen (secondary N) is 1. The number of amides is 1. The summed E-state index contributed by atoms with van der Waals surface area (Å²) in [5, 5.41) is 2.81. The molecule has 1 aromatic carbocycles. The van der Waals surface area contributed by atoms with Crippen molar-refractivity contribution in [2.24, 2.45) is 0 Å². The molecule has 0 aliphatic carbocycles. The molecular weight excluding hydrogens is 346 g/mol. The minimum Gasteiger partial charge on any atom is -0.408 e. The molecule has 140 valence electrons. The van der Waals surface area contributed by atoms with Crippen LogP contribution in [0.3, 0.4) is 0 Å². The lowest BCUT2D eigenvalue weighted by Gasteiger charge is -2.26. The molecule has 1 aliphatic heterocycles. The number of rotatable bonds is 5. The van der Waals surface area contributed by atoms with Crippen molar-refractivity contribution >= 4 is 23.0 Å². The van der Waals surface area contributed by atoms with E-state index in [0.717, 1.165) is 31.6 Å². The molecule has 1 amide bonds. The van der Waals surface area contributed by atoms with Crippen LogP contribution in [0.1, 0.15) is 25.0 Å². The van der Waals surface area contributed by atoms with Crippen molar-refractivity contribution in [2.45, 2.75) is 32.4 Å². The second-order valence-corrected chi connectivity index (χ2v) is 6.59. The number of benzene rings is 1. The van der Waals surface area contributed by atoms with E-state index in [1.54, 1.807) is 36.5 Å². The van der Waals surface area contributed by atoms with Crippen molar-refractivity contribution in [3.8, 4) is 0 Å². The van der Waals surface area contributed by atoms with Crippen LogP contribution in [0.25, 0.3) is 11.1 Å². The minimum atomic E-state index is -0.541. The van der Waals surface area contributed by atoms with Crippen molar-refractivity contribution in [2.75, 3.05) is 18.0 Å². The van der Waals surface area contributed by atoms with E-state index in [0.29, 0.717) is 17.0 Å². The van der Waals surface area contributed by atoms with Crippen LogP contribution in [-0.2, 0) is 17.9 Å². The lowest BCUT2D eigenvalue weighted by Crippen LogP contribution is -2.32. The first-order valence-electron chi connectivity index (χ1n) is 9.13. The van der Waals surface area contributed by atoms with Crippen LogP contribution in [0, 0.1) is 0 Å². The predicted molar refractivity (Wildman–Crippen MR) is 100 cm³/mol. The van der Waals surface area contributed by atoms with Crippen molar-refractivity contribution < 1.29 is 9.21 Å². The number of para-hydroxylation sites is 2. The quantitative estimate of drug-likeness (QED) is 0.738. The summed E-state index contributed by atoms with van der Waals surface area (Å²) in [5.41, 5.74) is 1.81. The number of anilines is 1. The largest absolute Gasteiger partial charge is 0.420 e. The third kappa shape index (κ3) is 3.84. The van der Waals surface area contributed by atoms with Gasteiger partial charge < -0.3 is 14.6 Å². The average molecular weight is 367 g/mol. The molecule has 0 radical (unpaired) electrons. The maximum atomic E-state index is 12.3. The highest BCUT2D eigenvalue weighted by atomic mass is 16.4. The first kappa shape index (κ1) is 17.3. The zero-order chi connectivity index (χ0) is 18.6. The summed E-state index contributed by atoms with van der Waals surface area (Å²) in [7, 11) is 0. The highest BCUT2D eigenvalue weighted by Crippen LogP contribution is 2.15. The van der Waals surface area contributed by atoms with Gasteiger partial charge in [-0.3, -0.25) is 9.36 Å². The van der Waals surface area contributed by atoms with Crippen LogP contribution in [-0.4, -0.2) is 33.5 Å². The SMILES string of the molecule is O=C(Cn1c(=O)oc2ccccc21)NCc1ccnc(N2CCCCC2)n1. The Kier molecular flexibility index (Phi) is 4.86. The number of piperidine rings is 1. The van der Waals surface area contributed by atoms with Crippen LogP contribution in [0.4, 0.5) is 5.95 Å². The molecule has 3 heterocycles. The molecule has 8 heteroatoms. The monoisotopic (exact) mass is 367 g/mol. The Bertz CT molecular complexity index is 1000. The third-order valence-electron chi connectivity index (χ3n) is 4.68. The van der Waals surface area contributed by atoms with Crippen LogP contribution in [0.15, 0.2) is 45.7 Å². The summed E-state index contributed by atoms with van der Waals surface area (Å²) < 4.78 is 6.47.